The number of rotatable bonds is 2. The Kier molecular flexibility index (Phi) is 5.06. The topological polar surface area (TPSA) is 78.4 Å². The number of piperidine rings is 1. The zero-order valence-corrected chi connectivity index (χ0v) is 18.3. The lowest BCUT2D eigenvalue weighted by Gasteiger charge is -2.46. The molecule has 1 spiro atoms. The number of halogens is 4. The van der Waals surface area contributed by atoms with Gasteiger partial charge in [-0.15, -0.1) is 0 Å². The van der Waals surface area contributed by atoms with E-state index in [-0.39, 0.29) is 6.42 Å². The molecule has 2 aliphatic rings. The van der Waals surface area contributed by atoms with Crippen molar-refractivity contribution in [3.8, 4) is 5.75 Å². The Morgan fingerprint density at radius 1 is 1.00 bits per heavy atom. The molecule has 0 aliphatic carbocycles. The van der Waals surface area contributed by atoms with Crippen molar-refractivity contribution in [2.24, 2.45) is 0 Å². The molecule has 2 aliphatic heterocycles. The predicted molar refractivity (Wildman–Crippen MR) is 119 cm³/mol. The van der Waals surface area contributed by atoms with E-state index >= 15 is 4.39 Å². The number of hydrogen-bond donors (Lipinski definition) is 3. The van der Waals surface area contributed by atoms with Crippen LogP contribution in [-0.2, 0) is 15.0 Å². The zero-order chi connectivity index (χ0) is 23.5. The Balaban J connectivity index is 1.86. The lowest BCUT2D eigenvalue weighted by atomic mass is 9.59. The van der Waals surface area contributed by atoms with Crippen molar-refractivity contribution < 1.29 is 23.5 Å². The summed E-state index contributed by atoms with van der Waals surface area (Å²) in [4.78, 5) is 26.6. The van der Waals surface area contributed by atoms with Crippen molar-refractivity contribution >= 4 is 40.7 Å². The monoisotopic (exact) mass is 488 g/mol. The highest BCUT2D eigenvalue weighted by Crippen LogP contribution is 2.58. The van der Waals surface area contributed by atoms with E-state index in [9.17, 15) is 19.1 Å². The number of aromatic hydroxyl groups is 1. The molecular weight excluding hydrogens is 473 g/mol. The third kappa shape index (κ3) is 3.18. The van der Waals surface area contributed by atoms with Crippen LogP contribution in [0.25, 0.3) is 0 Å². The van der Waals surface area contributed by atoms with Gasteiger partial charge in [0.15, 0.2) is 11.6 Å². The molecule has 1 fully saturated rings. The van der Waals surface area contributed by atoms with E-state index in [1.54, 1.807) is 42.5 Å². The first-order chi connectivity index (χ1) is 15.7. The SMILES string of the molecule is O=C1C[C@@H](c2cccc(Cl)c2)[C@]2(C(=O)Nc3cc(Cl)ccc32)[C@@H](c2c(O)ccc(F)c2F)N1. The maximum atomic E-state index is 15.1. The van der Waals surface area contributed by atoms with Crippen LogP contribution in [0.15, 0.2) is 54.6 Å². The lowest BCUT2D eigenvalue weighted by Crippen LogP contribution is -2.57. The Bertz CT molecular complexity index is 1330. The third-order valence-electron chi connectivity index (χ3n) is 6.40. The summed E-state index contributed by atoms with van der Waals surface area (Å²) >= 11 is 12.3. The number of phenolic OH excluding ortho intramolecular Hbond substituents is 1. The highest BCUT2D eigenvalue weighted by atomic mass is 35.5. The highest BCUT2D eigenvalue weighted by molar-refractivity contribution is 6.31. The number of phenols is 1. The molecule has 0 saturated carbocycles. The average molecular weight is 489 g/mol. The van der Waals surface area contributed by atoms with Crippen LogP contribution in [0.5, 0.6) is 5.75 Å². The summed E-state index contributed by atoms with van der Waals surface area (Å²) in [6, 6.07) is 11.8. The van der Waals surface area contributed by atoms with Gasteiger partial charge >= 0.3 is 0 Å². The second-order valence-corrected chi connectivity index (χ2v) is 8.99. The van der Waals surface area contributed by atoms with Crippen molar-refractivity contribution in [1.82, 2.24) is 5.32 Å². The number of benzene rings is 3. The van der Waals surface area contributed by atoms with Gasteiger partial charge in [0, 0.05) is 28.1 Å². The van der Waals surface area contributed by atoms with Crippen LogP contribution < -0.4 is 10.6 Å². The second kappa shape index (κ2) is 7.71. The van der Waals surface area contributed by atoms with Gasteiger partial charge in [-0.3, -0.25) is 9.59 Å². The van der Waals surface area contributed by atoms with Crippen molar-refractivity contribution in [2.75, 3.05) is 5.32 Å². The fourth-order valence-electron chi connectivity index (χ4n) is 5.08. The van der Waals surface area contributed by atoms with E-state index in [4.69, 9.17) is 23.2 Å². The van der Waals surface area contributed by atoms with E-state index in [0.717, 1.165) is 12.1 Å². The summed E-state index contributed by atoms with van der Waals surface area (Å²) in [6.07, 6.45) is -0.121. The Morgan fingerprint density at radius 2 is 1.76 bits per heavy atom. The van der Waals surface area contributed by atoms with Gasteiger partial charge in [0.1, 0.15) is 11.2 Å². The number of fused-ring (bicyclic) bond motifs is 2. The normalized spacial score (nSPS) is 23.9. The second-order valence-electron chi connectivity index (χ2n) is 8.12. The fourth-order valence-corrected chi connectivity index (χ4v) is 5.45. The van der Waals surface area contributed by atoms with Crippen LogP contribution in [0.1, 0.15) is 35.1 Å². The quantitative estimate of drug-likeness (QED) is 0.463. The van der Waals surface area contributed by atoms with Crippen LogP contribution in [0, 0.1) is 11.6 Å². The summed E-state index contributed by atoms with van der Waals surface area (Å²) in [5.74, 6) is -4.99. The van der Waals surface area contributed by atoms with Crippen LogP contribution in [0.4, 0.5) is 14.5 Å². The number of carbonyl (C=O) groups is 2. The van der Waals surface area contributed by atoms with Crippen LogP contribution in [0.3, 0.4) is 0 Å². The predicted octanol–water partition coefficient (Wildman–Crippen LogP) is 5.21. The van der Waals surface area contributed by atoms with Crippen molar-refractivity contribution in [3.05, 3.63) is 93.0 Å². The molecule has 3 N–H and O–H groups in total. The largest absolute Gasteiger partial charge is 0.507 e. The summed E-state index contributed by atoms with van der Waals surface area (Å²) in [5, 5.41) is 16.7. The van der Waals surface area contributed by atoms with Crippen molar-refractivity contribution in [1.29, 1.82) is 0 Å². The molecule has 5 nitrogen and oxygen atoms in total. The van der Waals surface area contributed by atoms with E-state index in [1.807, 2.05) is 0 Å². The van der Waals surface area contributed by atoms with Crippen LogP contribution in [-0.4, -0.2) is 16.9 Å². The molecule has 0 radical (unpaired) electrons. The van der Waals surface area contributed by atoms with Gasteiger partial charge in [0.25, 0.3) is 0 Å². The zero-order valence-electron chi connectivity index (χ0n) is 16.8. The average Bonchev–Trinajstić information content (AvgIpc) is 3.04. The first kappa shape index (κ1) is 21.7. The molecular formula is C24H16Cl2F2N2O3. The van der Waals surface area contributed by atoms with Gasteiger partial charge in [-0.1, -0.05) is 41.4 Å². The summed E-state index contributed by atoms with van der Waals surface area (Å²) in [5.41, 5.74) is -0.735. The molecule has 0 bridgehead atoms. The number of nitrogens with one attached hydrogen (secondary N) is 2. The van der Waals surface area contributed by atoms with Gasteiger partial charge in [0.2, 0.25) is 11.8 Å². The van der Waals surface area contributed by atoms with Crippen molar-refractivity contribution in [3.63, 3.8) is 0 Å². The number of amides is 2. The first-order valence-corrected chi connectivity index (χ1v) is 10.8. The van der Waals surface area contributed by atoms with Gasteiger partial charge in [-0.25, -0.2) is 8.78 Å². The van der Waals surface area contributed by atoms with E-state index in [1.165, 1.54) is 0 Å². The van der Waals surface area contributed by atoms with E-state index in [2.05, 4.69) is 10.6 Å². The number of carbonyl (C=O) groups excluding carboxylic acids is 2. The Hall–Kier alpha value is -3.16. The maximum absolute atomic E-state index is 15.1. The molecule has 1 saturated heterocycles. The van der Waals surface area contributed by atoms with Gasteiger partial charge in [-0.05, 0) is 47.5 Å². The molecule has 2 amide bonds. The van der Waals surface area contributed by atoms with E-state index < -0.39 is 52.1 Å². The molecule has 3 aromatic rings. The number of anilines is 1. The molecule has 9 heteroatoms. The minimum Gasteiger partial charge on any atom is -0.507 e. The van der Waals surface area contributed by atoms with Crippen molar-refractivity contribution in [2.45, 2.75) is 23.8 Å². The minimum atomic E-state index is -1.62. The number of hydrogen-bond acceptors (Lipinski definition) is 3. The smallest absolute Gasteiger partial charge is 0.238 e. The highest BCUT2D eigenvalue weighted by Gasteiger charge is 2.62. The summed E-state index contributed by atoms with van der Waals surface area (Å²) in [6.45, 7) is 0. The Morgan fingerprint density at radius 3 is 2.52 bits per heavy atom. The summed E-state index contributed by atoms with van der Waals surface area (Å²) in [7, 11) is 0. The molecule has 33 heavy (non-hydrogen) atoms. The fraction of sp³-hybridized carbons (Fsp3) is 0.167. The molecule has 3 aromatic carbocycles. The van der Waals surface area contributed by atoms with Crippen LogP contribution in [0.2, 0.25) is 10.0 Å². The molecule has 168 valence electrons. The molecule has 3 atom stereocenters. The third-order valence-corrected chi connectivity index (χ3v) is 6.87. The van der Waals surface area contributed by atoms with Crippen LogP contribution >= 0.6 is 23.2 Å². The molecule has 0 unspecified atom stereocenters. The van der Waals surface area contributed by atoms with Gasteiger partial charge in [-0.2, -0.15) is 0 Å². The van der Waals surface area contributed by atoms with Gasteiger partial charge in [0.05, 0.1) is 11.6 Å². The molecule has 2 heterocycles. The molecule has 0 aromatic heterocycles. The van der Waals surface area contributed by atoms with Gasteiger partial charge < -0.3 is 15.7 Å². The minimum absolute atomic E-state index is 0.121. The van der Waals surface area contributed by atoms with E-state index in [0.29, 0.717) is 26.9 Å². The standard InChI is InChI=1S/C24H16Cl2F2N2O3/c25-12-3-1-2-11(8-12)15-10-19(32)30-22(20-18(31)7-6-16(27)21(20)28)24(15)14-5-4-13(26)9-17(14)29-23(24)33/h1-9,15,22,31H,10H2,(H,29,33)(H,30,32)/t15-,22+,24-/m0/s1. The Labute approximate surface area is 197 Å². The maximum Gasteiger partial charge on any atom is 0.238 e. The summed E-state index contributed by atoms with van der Waals surface area (Å²) < 4.78 is 29.4. The first-order valence-electron chi connectivity index (χ1n) is 10.1. The lowest BCUT2D eigenvalue weighted by molar-refractivity contribution is -0.131. The molecule has 5 rings (SSSR count).